The van der Waals surface area contributed by atoms with Gasteiger partial charge in [-0.15, -0.1) is 0 Å². The lowest BCUT2D eigenvalue weighted by atomic mass is 10.1. The second kappa shape index (κ2) is 6.87. The summed E-state index contributed by atoms with van der Waals surface area (Å²) in [5.74, 6) is -0.527. The topological polar surface area (TPSA) is 26.3 Å². The zero-order valence-corrected chi connectivity index (χ0v) is 14.5. The number of rotatable bonds is 4. The molecule has 0 amide bonds. The van der Waals surface area contributed by atoms with Gasteiger partial charge in [0.2, 0.25) is 0 Å². The molecular weight excluding hydrogens is 461 g/mol. The van der Waals surface area contributed by atoms with Crippen molar-refractivity contribution in [2.24, 2.45) is 0 Å². The summed E-state index contributed by atoms with van der Waals surface area (Å²) in [6, 6.07) is 9.67. The van der Waals surface area contributed by atoms with Crippen molar-refractivity contribution < 1.29 is 13.9 Å². The predicted molar refractivity (Wildman–Crippen MR) is 88.1 cm³/mol. The highest BCUT2D eigenvalue weighted by Crippen LogP contribution is 2.30. The normalized spacial score (nSPS) is 10.4. The SMILES string of the molecule is O=C(COc1cc(F)c(Cl)cc1Br)c1ccc(I)cc1. The van der Waals surface area contributed by atoms with E-state index in [1.165, 1.54) is 6.07 Å². The Bertz CT molecular complexity index is 646. The molecule has 2 rings (SSSR count). The van der Waals surface area contributed by atoms with Crippen LogP contribution in [0.5, 0.6) is 5.75 Å². The number of ether oxygens (including phenoxy) is 1. The van der Waals surface area contributed by atoms with Crippen molar-refractivity contribution in [2.45, 2.75) is 0 Å². The molecular formula is C14H8BrClFIO2. The molecule has 0 heterocycles. The fourth-order valence-corrected chi connectivity index (χ4v) is 2.59. The number of hydrogen-bond donors (Lipinski definition) is 0. The molecule has 0 bridgehead atoms. The van der Waals surface area contributed by atoms with Crippen LogP contribution >= 0.6 is 50.1 Å². The van der Waals surface area contributed by atoms with Crippen molar-refractivity contribution in [3.63, 3.8) is 0 Å². The third-order valence-electron chi connectivity index (χ3n) is 2.50. The number of halogens is 4. The minimum absolute atomic E-state index is 0.00631. The summed E-state index contributed by atoms with van der Waals surface area (Å²) in [6.45, 7) is -0.166. The molecule has 0 saturated carbocycles. The molecule has 0 unspecified atom stereocenters. The summed E-state index contributed by atoms with van der Waals surface area (Å²) in [5.41, 5.74) is 0.552. The van der Waals surface area contributed by atoms with Crippen molar-refractivity contribution in [2.75, 3.05) is 6.61 Å². The van der Waals surface area contributed by atoms with Gasteiger partial charge < -0.3 is 4.74 Å². The van der Waals surface area contributed by atoms with Gasteiger partial charge in [-0.05, 0) is 56.7 Å². The molecule has 0 aliphatic rings. The predicted octanol–water partition coefficient (Wildman–Crippen LogP) is 5.11. The van der Waals surface area contributed by atoms with Gasteiger partial charge in [-0.1, -0.05) is 23.7 Å². The first-order valence-electron chi connectivity index (χ1n) is 5.53. The summed E-state index contributed by atoms with van der Waals surface area (Å²) in [7, 11) is 0. The highest BCUT2D eigenvalue weighted by molar-refractivity contribution is 14.1. The van der Waals surface area contributed by atoms with E-state index in [0.29, 0.717) is 10.0 Å². The van der Waals surface area contributed by atoms with Crippen LogP contribution in [0.15, 0.2) is 40.9 Å². The first-order chi connectivity index (χ1) is 9.47. The van der Waals surface area contributed by atoms with E-state index in [9.17, 15) is 9.18 Å². The van der Waals surface area contributed by atoms with E-state index < -0.39 is 5.82 Å². The molecule has 6 heteroatoms. The molecule has 104 valence electrons. The Labute approximate surface area is 142 Å². The third-order valence-corrected chi connectivity index (χ3v) is 4.13. The Kier molecular flexibility index (Phi) is 5.40. The molecule has 2 aromatic rings. The minimum Gasteiger partial charge on any atom is -0.484 e. The fraction of sp³-hybridized carbons (Fsp3) is 0.0714. The van der Waals surface area contributed by atoms with E-state index in [-0.39, 0.29) is 23.2 Å². The molecule has 0 aromatic heterocycles. The Morgan fingerprint density at radius 3 is 2.60 bits per heavy atom. The molecule has 0 aliphatic carbocycles. The molecule has 0 aliphatic heterocycles. The molecule has 0 saturated heterocycles. The van der Waals surface area contributed by atoms with Crippen LogP contribution in [-0.2, 0) is 0 Å². The Morgan fingerprint density at radius 1 is 1.30 bits per heavy atom. The van der Waals surface area contributed by atoms with Crippen LogP contribution in [0, 0.1) is 9.39 Å². The van der Waals surface area contributed by atoms with Gasteiger partial charge in [-0.3, -0.25) is 4.79 Å². The Balaban J connectivity index is 2.07. The second-order valence-electron chi connectivity index (χ2n) is 3.92. The van der Waals surface area contributed by atoms with Crippen LogP contribution in [0.25, 0.3) is 0 Å². The van der Waals surface area contributed by atoms with Crippen LogP contribution in [0.3, 0.4) is 0 Å². The lowest BCUT2D eigenvalue weighted by molar-refractivity contribution is 0.0920. The second-order valence-corrected chi connectivity index (χ2v) is 6.42. The van der Waals surface area contributed by atoms with Gasteiger partial charge in [-0.2, -0.15) is 0 Å². The highest BCUT2D eigenvalue weighted by Gasteiger charge is 2.11. The standard InChI is InChI=1S/C14H8BrClFIO2/c15-10-5-11(16)12(17)6-14(10)20-7-13(19)8-1-3-9(18)4-2-8/h1-6H,7H2. The first-order valence-corrected chi connectivity index (χ1v) is 7.78. The largest absolute Gasteiger partial charge is 0.484 e. The molecule has 2 nitrogen and oxygen atoms in total. The first kappa shape index (κ1) is 15.7. The van der Waals surface area contributed by atoms with Crippen molar-refractivity contribution in [1.82, 2.24) is 0 Å². The number of carbonyl (C=O) groups excluding carboxylic acids is 1. The number of carbonyl (C=O) groups is 1. The maximum absolute atomic E-state index is 13.3. The fourth-order valence-electron chi connectivity index (χ4n) is 1.48. The van der Waals surface area contributed by atoms with Crippen LogP contribution in [0.1, 0.15) is 10.4 Å². The van der Waals surface area contributed by atoms with Crippen LogP contribution in [-0.4, -0.2) is 12.4 Å². The minimum atomic E-state index is -0.591. The van der Waals surface area contributed by atoms with E-state index in [4.69, 9.17) is 16.3 Å². The van der Waals surface area contributed by atoms with Crippen LogP contribution in [0.2, 0.25) is 5.02 Å². The Hall–Kier alpha value is -0.660. The quantitative estimate of drug-likeness (QED) is 0.354. The van der Waals surface area contributed by atoms with Gasteiger partial charge in [0.1, 0.15) is 11.6 Å². The van der Waals surface area contributed by atoms with Crippen molar-refractivity contribution in [1.29, 1.82) is 0 Å². The number of Topliss-reactive ketones (excluding diaryl/α,β-unsaturated/α-hetero) is 1. The summed E-state index contributed by atoms with van der Waals surface area (Å²) in [4.78, 5) is 11.9. The van der Waals surface area contributed by atoms with E-state index in [2.05, 4.69) is 38.5 Å². The number of benzene rings is 2. The molecule has 2 aromatic carbocycles. The zero-order chi connectivity index (χ0) is 14.7. The van der Waals surface area contributed by atoms with E-state index in [1.54, 1.807) is 12.1 Å². The molecule has 0 radical (unpaired) electrons. The number of ketones is 1. The lowest BCUT2D eigenvalue weighted by Gasteiger charge is -2.08. The van der Waals surface area contributed by atoms with Gasteiger partial charge in [0, 0.05) is 15.2 Å². The van der Waals surface area contributed by atoms with Gasteiger partial charge >= 0.3 is 0 Å². The summed E-state index contributed by atoms with van der Waals surface area (Å²) >= 11 is 11.0. The molecule has 0 fully saturated rings. The smallest absolute Gasteiger partial charge is 0.200 e. The molecule has 20 heavy (non-hydrogen) atoms. The van der Waals surface area contributed by atoms with E-state index in [0.717, 1.165) is 9.64 Å². The number of hydrogen-bond acceptors (Lipinski definition) is 2. The third kappa shape index (κ3) is 3.93. The summed E-state index contributed by atoms with van der Waals surface area (Å²) < 4.78 is 20.2. The molecule has 0 N–H and O–H groups in total. The van der Waals surface area contributed by atoms with Gasteiger partial charge in [0.15, 0.2) is 12.4 Å². The maximum Gasteiger partial charge on any atom is 0.200 e. The van der Waals surface area contributed by atoms with E-state index in [1.807, 2.05) is 12.1 Å². The van der Waals surface area contributed by atoms with Crippen LogP contribution < -0.4 is 4.74 Å². The maximum atomic E-state index is 13.3. The van der Waals surface area contributed by atoms with Gasteiger partial charge in [-0.25, -0.2) is 4.39 Å². The van der Waals surface area contributed by atoms with Gasteiger partial charge in [0.05, 0.1) is 9.50 Å². The summed E-state index contributed by atoms with van der Waals surface area (Å²) in [6.07, 6.45) is 0. The van der Waals surface area contributed by atoms with Crippen LogP contribution in [0.4, 0.5) is 4.39 Å². The average molecular weight is 469 g/mol. The van der Waals surface area contributed by atoms with Crippen molar-refractivity contribution in [3.05, 3.63) is 60.8 Å². The average Bonchev–Trinajstić information content (AvgIpc) is 2.42. The highest BCUT2D eigenvalue weighted by atomic mass is 127. The van der Waals surface area contributed by atoms with Crippen molar-refractivity contribution >= 4 is 55.9 Å². The monoisotopic (exact) mass is 468 g/mol. The summed E-state index contributed by atoms with van der Waals surface area (Å²) in [5, 5.41) is -0.00631. The zero-order valence-electron chi connectivity index (χ0n) is 10.00. The molecule has 0 atom stereocenters. The lowest BCUT2D eigenvalue weighted by Crippen LogP contribution is -2.12. The molecule has 0 spiro atoms. The van der Waals surface area contributed by atoms with E-state index >= 15 is 0 Å². The van der Waals surface area contributed by atoms with Gasteiger partial charge in [0.25, 0.3) is 0 Å². The Morgan fingerprint density at radius 2 is 1.95 bits per heavy atom. The van der Waals surface area contributed by atoms with Crippen molar-refractivity contribution in [3.8, 4) is 5.75 Å².